The highest BCUT2D eigenvalue weighted by Crippen LogP contribution is 2.61. The number of aromatic nitrogens is 3. The zero-order valence-corrected chi connectivity index (χ0v) is 23.3. The van der Waals surface area contributed by atoms with Crippen LogP contribution in [0.1, 0.15) is 53.0 Å². The second-order valence-corrected chi connectivity index (χ2v) is 11.5. The first-order chi connectivity index (χ1) is 21.0. The Labute approximate surface area is 248 Å². The summed E-state index contributed by atoms with van der Waals surface area (Å²) in [5.41, 5.74) is 4.41. The van der Waals surface area contributed by atoms with Gasteiger partial charge in [-0.15, -0.1) is 10.2 Å². The number of ether oxygens (including phenoxy) is 2. The monoisotopic (exact) mass is 605 g/mol. The van der Waals surface area contributed by atoms with Gasteiger partial charge in [-0.05, 0) is 67.3 Å². The Kier molecular flexibility index (Phi) is 6.29. The fraction of sp³-hybridized carbons (Fsp3) is 0.323. The molecule has 0 radical (unpaired) electrons. The van der Waals surface area contributed by atoms with E-state index >= 15 is 0 Å². The van der Waals surface area contributed by atoms with Crippen LogP contribution in [0.4, 0.5) is 13.2 Å². The number of nitrogens with two attached hydrogens (primary N) is 1. The molecule has 3 heterocycles. The second-order valence-electron chi connectivity index (χ2n) is 11.5. The largest absolute Gasteiger partial charge is 0.494 e. The van der Waals surface area contributed by atoms with Crippen LogP contribution in [-0.4, -0.2) is 51.9 Å². The van der Waals surface area contributed by atoms with Crippen molar-refractivity contribution < 1.29 is 37.3 Å². The van der Waals surface area contributed by atoms with E-state index in [0.29, 0.717) is 41.8 Å². The van der Waals surface area contributed by atoms with Crippen molar-refractivity contribution in [2.24, 2.45) is 11.7 Å². The normalized spacial score (nSPS) is 21.3. The third-order valence-electron chi connectivity index (χ3n) is 8.76. The number of amides is 2. The predicted octanol–water partition coefficient (Wildman–Crippen LogP) is 3.69. The van der Waals surface area contributed by atoms with Crippen LogP contribution in [0.5, 0.6) is 11.5 Å². The van der Waals surface area contributed by atoms with Crippen molar-refractivity contribution >= 4 is 22.7 Å². The number of carbonyl (C=O) groups excluding carboxylic acids is 2. The molecule has 226 valence electrons. The summed E-state index contributed by atoms with van der Waals surface area (Å²) in [6.07, 6.45) is -1.60. The van der Waals surface area contributed by atoms with Crippen LogP contribution in [0.3, 0.4) is 0 Å². The molecule has 2 aromatic carbocycles. The Balaban J connectivity index is 1.26. The lowest BCUT2D eigenvalue weighted by atomic mass is 9.87. The number of fused-ring (bicyclic) bond motifs is 4. The SMILES string of the molecule is COc1cc(C(=O)NCC(O)(c2cc3c(c(-c4ccc(F)cc4)n2)OC2C[C@@]32C(N)=O)C2CC2)cc2cc(C(F)F)nnc12. The average molecular weight is 606 g/mol. The number of halogens is 3. The van der Waals surface area contributed by atoms with Gasteiger partial charge in [-0.25, -0.2) is 18.2 Å². The third-order valence-corrected chi connectivity index (χ3v) is 8.76. The number of primary amides is 1. The quantitative estimate of drug-likeness (QED) is 0.262. The number of hydrogen-bond acceptors (Lipinski definition) is 8. The van der Waals surface area contributed by atoms with Crippen molar-refractivity contribution in [2.45, 2.75) is 42.8 Å². The molecule has 3 aliphatic rings. The van der Waals surface area contributed by atoms with E-state index in [1.807, 2.05) is 0 Å². The molecule has 0 bridgehead atoms. The van der Waals surface area contributed by atoms with Crippen LogP contribution in [0.25, 0.3) is 22.2 Å². The predicted molar refractivity (Wildman–Crippen MR) is 150 cm³/mol. The molecule has 1 aliphatic heterocycles. The van der Waals surface area contributed by atoms with Gasteiger partial charge in [-0.3, -0.25) is 9.59 Å². The molecule has 13 heteroatoms. The number of methoxy groups -OCH3 is 1. The zero-order chi connectivity index (χ0) is 31.0. The number of aliphatic hydroxyl groups is 1. The van der Waals surface area contributed by atoms with Crippen LogP contribution in [0.15, 0.2) is 48.5 Å². The van der Waals surface area contributed by atoms with Gasteiger partial charge in [0.15, 0.2) is 5.75 Å². The molecule has 4 aromatic rings. The lowest BCUT2D eigenvalue weighted by molar-refractivity contribution is -0.120. The number of hydrogen-bond donors (Lipinski definition) is 3. The average Bonchev–Trinajstić information content (AvgIpc) is 3.95. The molecule has 10 nitrogen and oxygen atoms in total. The van der Waals surface area contributed by atoms with Crippen molar-refractivity contribution in [2.75, 3.05) is 13.7 Å². The second kappa shape index (κ2) is 9.88. The Bertz CT molecular complexity index is 1850. The summed E-state index contributed by atoms with van der Waals surface area (Å²) in [6, 6.07) is 11.2. The van der Waals surface area contributed by atoms with Gasteiger partial charge >= 0.3 is 0 Å². The molecule has 2 aromatic heterocycles. The van der Waals surface area contributed by atoms with Crippen molar-refractivity contribution in [1.82, 2.24) is 20.5 Å². The van der Waals surface area contributed by atoms with E-state index < -0.39 is 46.9 Å². The van der Waals surface area contributed by atoms with E-state index in [0.717, 1.165) is 6.07 Å². The minimum absolute atomic E-state index is 0.0940. The molecule has 4 N–H and O–H groups in total. The van der Waals surface area contributed by atoms with Crippen molar-refractivity contribution in [1.29, 1.82) is 0 Å². The highest BCUT2D eigenvalue weighted by molar-refractivity contribution is 6.00. The number of pyridine rings is 1. The molecular weight excluding hydrogens is 579 g/mol. The maximum atomic E-state index is 13.8. The molecule has 44 heavy (non-hydrogen) atoms. The highest BCUT2D eigenvalue weighted by atomic mass is 19.3. The van der Waals surface area contributed by atoms with E-state index in [-0.39, 0.29) is 40.4 Å². The van der Waals surface area contributed by atoms with E-state index in [1.165, 1.54) is 43.5 Å². The van der Waals surface area contributed by atoms with Crippen LogP contribution in [0.2, 0.25) is 0 Å². The smallest absolute Gasteiger partial charge is 0.282 e. The van der Waals surface area contributed by atoms with Crippen LogP contribution >= 0.6 is 0 Å². The summed E-state index contributed by atoms with van der Waals surface area (Å²) < 4.78 is 51.7. The van der Waals surface area contributed by atoms with Crippen molar-refractivity contribution in [3.05, 3.63) is 76.9 Å². The molecule has 2 amide bonds. The summed E-state index contributed by atoms with van der Waals surface area (Å²) in [5.74, 6) is -1.34. The van der Waals surface area contributed by atoms with Gasteiger partial charge in [0.05, 0.1) is 19.3 Å². The van der Waals surface area contributed by atoms with Gasteiger partial charge < -0.3 is 25.6 Å². The molecule has 2 fully saturated rings. The Morgan fingerprint density at radius 1 is 1.18 bits per heavy atom. The van der Waals surface area contributed by atoms with E-state index in [1.54, 1.807) is 6.07 Å². The van der Waals surface area contributed by atoms with Gasteiger partial charge in [-0.2, -0.15) is 0 Å². The highest BCUT2D eigenvalue weighted by Gasteiger charge is 2.68. The van der Waals surface area contributed by atoms with Gasteiger partial charge in [-0.1, -0.05) is 0 Å². The van der Waals surface area contributed by atoms with Gasteiger partial charge in [0, 0.05) is 28.5 Å². The van der Waals surface area contributed by atoms with Crippen LogP contribution in [-0.2, 0) is 15.8 Å². The fourth-order valence-electron chi connectivity index (χ4n) is 6.06. The summed E-state index contributed by atoms with van der Waals surface area (Å²) in [6.45, 7) is -0.254. The standard InChI is InChI=1S/C31H26F3N5O5/c1-43-21-10-16(8-15-9-20(27(33)34)38-39-24(15)21)28(40)36-13-31(42,17-4-5-17)22-11-19-26(44-23-12-30(19,23)29(35)41)25(37-22)14-2-6-18(32)7-3-14/h2-3,6-11,17,23,27,42H,4-5,12-13H2,1H3,(H2,35,41)(H,36,40)/t23?,30-,31?/m1/s1. The molecule has 2 aliphatic carbocycles. The summed E-state index contributed by atoms with van der Waals surface area (Å²) >= 11 is 0. The third kappa shape index (κ3) is 4.33. The molecule has 0 spiro atoms. The molecule has 2 saturated carbocycles. The molecule has 3 atom stereocenters. The minimum atomic E-state index is -2.85. The molecular formula is C31H26F3N5O5. The van der Waals surface area contributed by atoms with Gasteiger partial charge in [0.25, 0.3) is 12.3 Å². The Morgan fingerprint density at radius 3 is 2.59 bits per heavy atom. The first kappa shape index (κ1) is 28.0. The molecule has 0 saturated heterocycles. The number of benzene rings is 2. The maximum Gasteiger partial charge on any atom is 0.282 e. The summed E-state index contributed by atoms with van der Waals surface area (Å²) in [5, 5.41) is 22.5. The Morgan fingerprint density at radius 2 is 1.93 bits per heavy atom. The fourth-order valence-corrected chi connectivity index (χ4v) is 6.06. The first-order valence-electron chi connectivity index (χ1n) is 14.0. The molecule has 7 rings (SSSR count). The number of nitrogens with one attached hydrogen (secondary N) is 1. The summed E-state index contributed by atoms with van der Waals surface area (Å²) in [4.78, 5) is 30.8. The van der Waals surface area contributed by atoms with Crippen molar-refractivity contribution in [3.8, 4) is 22.8 Å². The maximum absolute atomic E-state index is 13.8. The van der Waals surface area contributed by atoms with E-state index in [2.05, 4.69) is 15.5 Å². The van der Waals surface area contributed by atoms with Crippen molar-refractivity contribution in [3.63, 3.8) is 0 Å². The first-order valence-corrected chi connectivity index (χ1v) is 14.0. The lowest BCUT2D eigenvalue weighted by Gasteiger charge is -2.30. The molecule has 2 unspecified atom stereocenters. The topological polar surface area (TPSA) is 150 Å². The summed E-state index contributed by atoms with van der Waals surface area (Å²) in [7, 11) is 1.36. The minimum Gasteiger partial charge on any atom is -0.494 e. The number of alkyl halides is 2. The van der Waals surface area contributed by atoms with Gasteiger partial charge in [0.1, 0.15) is 45.6 Å². The number of rotatable bonds is 9. The zero-order valence-electron chi connectivity index (χ0n) is 23.3. The van der Waals surface area contributed by atoms with E-state index in [9.17, 15) is 27.9 Å². The van der Waals surface area contributed by atoms with Gasteiger partial charge in [0.2, 0.25) is 5.91 Å². The number of nitrogens with zero attached hydrogens (tertiary/aromatic N) is 3. The van der Waals surface area contributed by atoms with Crippen LogP contribution < -0.4 is 20.5 Å². The van der Waals surface area contributed by atoms with Crippen LogP contribution in [0, 0.1) is 11.7 Å². The lowest BCUT2D eigenvalue weighted by Crippen LogP contribution is -2.43. The number of carbonyl (C=O) groups is 2. The Hall–Kier alpha value is -4.78. The van der Waals surface area contributed by atoms with E-state index in [4.69, 9.17) is 20.2 Å².